The van der Waals surface area contributed by atoms with E-state index in [1.807, 2.05) is 54.6 Å². The molecule has 1 fully saturated rings. The van der Waals surface area contributed by atoms with E-state index in [0.29, 0.717) is 12.4 Å². The standard InChI is InChI=1S/C20H24N4O/c21-19(23-25-16-8-11-17-9-3-1-4-10-17)18-12-7-13-22-20(18)24-14-5-2-6-15-24/h1,3-4,7-13H,2,5-6,14-16H2,(H2,21,23). The molecule has 0 spiro atoms. The summed E-state index contributed by atoms with van der Waals surface area (Å²) < 4.78 is 0. The summed E-state index contributed by atoms with van der Waals surface area (Å²) in [6, 6.07) is 13.9. The molecule has 1 aliphatic rings. The molecule has 0 amide bonds. The lowest BCUT2D eigenvalue weighted by Gasteiger charge is -2.29. The highest BCUT2D eigenvalue weighted by Crippen LogP contribution is 2.21. The summed E-state index contributed by atoms with van der Waals surface area (Å²) >= 11 is 0. The molecule has 1 aromatic heterocycles. The number of hydrogen-bond donors (Lipinski definition) is 1. The zero-order valence-electron chi connectivity index (χ0n) is 14.3. The summed E-state index contributed by atoms with van der Waals surface area (Å²) in [4.78, 5) is 12.1. The molecule has 0 bridgehead atoms. The van der Waals surface area contributed by atoms with Crippen LogP contribution in [0.2, 0.25) is 0 Å². The van der Waals surface area contributed by atoms with Crippen molar-refractivity contribution in [3.8, 4) is 0 Å². The van der Waals surface area contributed by atoms with E-state index in [9.17, 15) is 0 Å². The normalized spacial score (nSPS) is 15.5. The van der Waals surface area contributed by atoms with Gasteiger partial charge in [-0.1, -0.05) is 41.6 Å². The van der Waals surface area contributed by atoms with E-state index in [2.05, 4.69) is 15.0 Å². The summed E-state index contributed by atoms with van der Waals surface area (Å²) in [7, 11) is 0. The lowest BCUT2D eigenvalue weighted by molar-refractivity contribution is 0.175. The zero-order valence-corrected chi connectivity index (χ0v) is 14.3. The molecule has 5 nitrogen and oxygen atoms in total. The minimum Gasteiger partial charge on any atom is -0.390 e. The first kappa shape index (κ1) is 17.0. The highest BCUT2D eigenvalue weighted by atomic mass is 16.6. The monoisotopic (exact) mass is 336 g/mol. The summed E-state index contributed by atoms with van der Waals surface area (Å²) in [5.74, 6) is 1.26. The van der Waals surface area contributed by atoms with Crippen LogP contribution in [0.4, 0.5) is 5.82 Å². The fourth-order valence-corrected chi connectivity index (χ4v) is 2.90. The average Bonchev–Trinajstić information content (AvgIpc) is 2.69. The van der Waals surface area contributed by atoms with Crippen molar-refractivity contribution in [2.24, 2.45) is 10.9 Å². The number of nitrogens with two attached hydrogens (primary N) is 1. The average molecular weight is 336 g/mol. The minimum absolute atomic E-state index is 0.363. The van der Waals surface area contributed by atoms with Crippen LogP contribution in [-0.2, 0) is 4.84 Å². The highest BCUT2D eigenvalue weighted by Gasteiger charge is 2.17. The van der Waals surface area contributed by atoms with Crippen molar-refractivity contribution in [1.82, 2.24) is 4.98 Å². The highest BCUT2D eigenvalue weighted by molar-refractivity contribution is 6.01. The van der Waals surface area contributed by atoms with Crippen LogP contribution in [-0.4, -0.2) is 30.5 Å². The van der Waals surface area contributed by atoms with Gasteiger partial charge in [-0.15, -0.1) is 0 Å². The van der Waals surface area contributed by atoms with E-state index in [1.54, 1.807) is 6.20 Å². The summed E-state index contributed by atoms with van der Waals surface area (Å²) in [6.45, 7) is 2.39. The third-order valence-electron chi connectivity index (χ3n) is 4.16. The van der Waals surface area contributed by atoms with Crippen LogP contribution < -0.4 is 10.6 Å². The van der Waals surface area contributed by atoms with Crippen molar-refractivity contribution < 1.29 is 4.84 Å². The van der Waals surface area contributed by atoms with E-state index >= 15 is 0 Å². The van der Waals surface area contributed by atoms with Crippen molar-refractivity contribution in [2.75, 3.05) is 24.6 Å². The first-order valence-corrected chi connectivity index (χ1v) is 8.72. The van der Waals surface area contributed by atoms with Crippen LogP contribution in [0.25, 0.3) is 6.08 Å². The van der Waals surface area contributed by atoms with Crippen molar-refractivity contribution in [1.29, 1.82) is 0 Å². The van der Waals surface area contributed by atoms with Crippen LogP contribution in [0.5, 0.6) is 0 Å². The van der Waals surface area contributed by atoms with Gasteiger partial charge in [0, 0.05) is 19.3 Å². The quantitative estimate of drug-likeness (QED) is 0.380. The number of aromatic nitrogens is 1. The van der Waals surface area contributed by atoms with Crippen LogP contribution in [0.1, 0.15) is 30.4 Å². The minimum atomic E-state index is 0.363. The molecule has 1 aliphatic heterocycles. The second-order valence-electron chi connectivity index (χ2n) is 6.01. The first-order valence-electron chi connectivity index (χ1n) is 8.72. The van der Waals surface area contributed by atoms with Gasteiger partial charge in [0.05, 0.1) is 5.56 Å². The number of rotatable bonds is 6. The maximum absolute atomic E-state index is 6.13. The largest absolute Gasteiger partial charge is 0.390 e. The van der Waals surface area contributed by atoms with Crippen molar-refractivity contribution in [3.63, 3.8) is 0 Å². The van der Waals surface area contributed by atoms with Gasteiger partial charge >= 0.3 is 0 Å². The summed E-state index contributed by atoms with van der Waals surface area (Å²) in [6.07, 6.45) is 9.36. The van der Waals surface area contributed by atoms with Gasteiger partial charge in [0.2, 0.25) is 0 Å². The Hall–Kier alpha value is -2.82. The van der Waals surface area contributed by atoms with Gasteiger partial charge in [0.25, 0.3) is 0 Å². The molecule has 5 heteroatoms. The molecular weight excluding hydrogens is 312 g/mol. The lowest BCUT2D eigenvalue weighted by Crippen LogP contribution is -2.32. The van der Waals surface area contributed by atoms with Gasteiger partial charge in [-0.2, -0.15) is 0 Å². The third kappa shape index (κ3) is 4.83. The van der Waals surface area contributed by atoms with Crippen molar-refractivity contribution >= 4 is 17.7 Å². The number of hydrogen-bond acceptors (Lipinski definition) is 4. The number of amidine groups is 1. The number of oxime groups is 1. The van der Waals surface area contributed by atoms with E-state index in [0.717, 1.165) is 30.0 Å². The maximum Gasteiger partial charge on any atom is 0.174 e. The predicted octanol–water partition coefficient (Wildman–Crippen LogP) is 3.42. The van der Waals surface area contributed by atoms with Gasteiger partial charge in [0.1, 0.15) is 12.4 Å². The Kier molecular flexibility index (Phi) is 6.04. The number of pyridine rings is 1. The van der Waals surface area contributed by atoms with Gasteiger partial charge in [-0.3, -0.25) is 0 Å². The fraction of sp³-hybridized carbons (Fsp3) is 0.300. The number of anilines is 1. The van der Waals surface area contributed by atoms with E-state index in [4.69, 9.17) is 10.6 Å². The Morgan fingerprint density at radius 1 is 1.12 bits per heavy atom. The van der Waals surface area contributed by atoms with Gasteiger partial charge < -0.3 is 15.5 Å². The van der Waals surface area contributed by atoms with Gasteiger partial charge in [-0.05, 0) is 43.0 Å². The molecule has 0 saturated carbocycles. The molecule has 2 heterocycles. The molecule has 0 aliphatic carbocycles. The Bertz CT molecular complexity index is 721. The molecule has 1 aromatic carbocycles. The van der Waals surface area contributed by atoms with E-state index in [-0.39, 0.29) is 0 Å². The second kappa shape index (κ2) is 8.87. The Morgan fingerprint density at radius 3 is 2.72 bits per heavy atom. The molecule has 0 radical (unpaired) electrons. The number of piperidine rings is 1. The predicted molar refractivity (Wildman–Crippen MR) is 102 cm³/mol. The topological polar surface area (TPSA) is 63.7 Å². The number of nitrogens with zero attached hydrogens (tertiary/aromatic N) is 3. The summed E-state index contributed by atoms with van der Waals surface area (Å²) in [5, 5.41) is 4.06. The zero-order chi connectivity index (χ0) is 17.3. The molecule has 2 aromatic rings. The van der Waals surface area contributed by atoms with Crippen LogP contribution in [0.15, 0.2) is 59.9 Å². The maximum atomic E-state index is 6.13. The van der Waals surface area contributed by atoms with Gasteiger partial charge in [0.15, 0.2) is 5.84 Å². The van der Waals surface area contributed by atoms with E-state index < -0.39 is 0 Å². The van der Waals surface area contributed by atoms with Crippen LogP contribution in [0.3, 0.4) is 0 Å². The van der Waals surface area contributed by atoms with Crippen molar-refractivity contribution in [2.45, 2.75) is 19.3 Å². The Morgan fingerprint density at radius 2 is 1.92 bits per heavy atom. The van der Waals surface area contributed by atoms with E-state index in [1.165, 1.54) is 19.3 Å². The van der Waals surface area contributed by atoms with Gasteiger partial charge in [-0.25, -0.2) is 4.98 Å². The second-order valence-corrected chi connectivity index (χ2v) is 6.01. The van der Waals surface area contributed by atoms with Crippen LogP contribution in [0, 0.1) is 0 Å². The molecule has 130 valence electrons. The molecular formula is C20H24N4O. The molecule has 0 atom stereocenters. The van der Waals surface area contributed by atoms with Crippen molar-refractivity contribution in [3.05, 3.63) is 65.9 Å². The Labute approximate surface area is 148 Å². The van der Waals surface area contributed by atoms with Crippen LogP contribution >= 0.6 is 0 Å². The lowest BCUT2D eigenvalue weighted by atomic mass is 10.1. The third-order valence-corrected chi connectivity index (χ3v) is 4.16. The Balaban J connectivity index is 1.61. The smallest absolute Gasteiger partial charge is 0.174 e. The molecule has 3 rings (SSSR count). The molecule has 25 heavy (non-hydrogen) atoms. The number of benzene rings is 1. The summed E-state index contributed by atoms with van der Waals surface area (Å²) in [5.41, 5.74) is 8.09. The first-order chi connectivity index (χ1) is 12.3. The SMILES string of the molecule is NC(=NOCC=Cc1ccccc1)c1cccnc1N1CCCCC1. The molecule has 0 unspecified atom stereocenters. The molecule has 2 N–H and O–H groups in total. The fourth-order valence-electron chi connectivity index (χ4n) is 2.90. The molecule has 1 saturated heterocycles.